The molecule has 0 radical (unpaired) electrons. The molecular weight excluding hydrogens is 260 g/mol. The van der Waals surface area contributed by atoms with Gasteiger partial charge in [0, 0.05) is 25.6 Å². The number of nitrogens with one attached hydrogen (secondary N) is 1. The number of imidazole rings is 1. The van der Waals surface area contributed by atoms with Gasteiger partial charge in [-0.3, -0.25) is 9.78 Å². The van der Waals surface area contributed by atoms with Crippen molar-refractivity contribution in [2.45, 2.75) is 23.8 Å². The van der Waals surface area contributed by atoms with Gasteiger partial charge in [0.2, 0.25) is 5.91 Å². The molecule has 100 valence electrons. The minimum atomic E-state index is -0.165. The summed E-state index contributed by atoms with van der Waals surface area (Å²) in [6.07, 6.45) is 7.65. The molecule has 0 fully saturated rings. The van der Waals surface area contributed by atoms with Crippen molar-refractivity contribution in [1.29, 1.82) is 0 Å². The molecule has 1 amide bonds. The number of anilines is 1. The highest BCUT2D eigenvalue weighted by molar-refractivity contribution is 8.00. The van der Waals surface area contributed by atoms with Crippen LogP contribution in [0.5, 0.6) is 0 Å². The van der Waals surface area contributed by atoms with Crippen LogP contribution in [0.3, 0.4) is 0 Å². The van der Waals surface area contributed by atoms with E-state index in [1.807, 2.05) is 30.8 Å². The first kappa shape index (κ1) is 13.6. The van der Waals surface area contributed by atoms with Crippen molar-refractivity contribution in [3.8, 4) is 0 Å². The van der Waals surface area contributed by atoms with Crippen molar-refractivity contribution in [2.24, 2.45) is 7.05 Å². The van der Waals surface area contributed by atoms with Crippen molar-refractivity contribution < 1.29 is 4.79 Å². The summed E-state index contributed by atoms with van der Waals surface area (Å²) in [5, 5.41) is 3.54. The van der Waals surface area contributed by atoms with Crippen LogP contribution in [-0.2, 0) is 11.8 Å². The number of pyridine rings is 1. The van der Waals surface area contributed by atoms with E-state index >= 15 is 0 Å². The Kier molecular flexibility index (Phi) is 4.57. The van der Waals surface area contributed by atoms with Crippen molar-refractivity contribution >= 4 is 23.4 Å². The summed E-state index contributed by atoms with van der Waals surface area (Å²) < 4.78 is 1.91. The molecule has 0 aromatic carbocycles. The van der Waals surface area contributed by atoms with Gasteiger partial charge in [-0.2, -0.15) is 0 Å². The molecule has 0 aliphatic heterocycles. The van der Waals surface area contributed by atoms with E-state index in [1.165, 1.54) is 11.8 Å². The summed E-state index contributed by atoms with van der Waals surface area (Å²) in [6, 6.07) is 3.62. The van der Waals surface area contributed by atoms with Crippen LogP contribution in [0, 0.1) is 0 Å². The van der Waals surface area contributed by atoms with E-state index in [4.69, 9.17) is 0 Å². The fraction of sp³-hybridized carbons (Fsp3) is 0.308. The number of nitrogens with zero attached hydrogens (tertiary/aromatic N) is 3. The van der Waals surface area contributed by atoms with Gasteiger partial charge in [-0.15, -0.1) is 0 Å². The number of amides is 1. The Morgan fingerprint density at radius 2 is 2.37 bits per heavy atom. The molecule has 0 aliphatic rings. The Hall–Kier alpha value is -1.82. The van der Waals surface area contributed by atoms with E-state index in [9.17, 15) is 4.79 Å². The molecule has 1 N–H and O–H groups in total. The van der Waals surface area contributed by atoms with Gasteiger partial charge in [-0.25, -0.2) is 4.98 Å². The Bertz CT molecular complexity index is 541. The standard InChI is InChI=1S/C13H16N4OS/c1-3-11(19-13-15-7-8-17(13)2)12(18)16-10-5-4-6-14-9-10/h4-9,11H,3H2,1-2H3,(H,16,18). The van der Waals surface area contributed by atoms with E-state index < -0.39 is 0 Å². The second-order valence-electron chi connectivity index (χ2n) is 4.07. The number of carbonyl (C=O) groups excluding carboxylic acids is 1. The fourth-order valence-electron chi connectivity index (χ4n) is 1.57. The quantitative estimate of drug-likeness (QED) is 0.851. The summed E-state index contributed by atoms with van der Waals surface area (Å²) in [7, 11) is 1.92. The van der Waals surface area contributed by atoms with Gasteiger partial charge < -0.3 is 9.88 Å². The molecule has 1 atom stereocenters. The lowest BCUT2D eigenvalue weighted by Crippen LogP contribution is -2.25. The molecule has 19 heavy (non-hydrogen) atoms. The highest BCUT2D eigenvalue weighted by Gasteiger charge is 2.19. The number of hydrogen-bond donors (Lipinski definition) is 1. The maximum atomic E-state index is 12.2. The predicted molar refractivity (Wildman–Crippen MR) is 76.0 cm³/mol. The number of carbonyl (C=O) groups is 1. The molecule has 0 saturated heterocycles. The lowest BCUT2D eigenvalue weighted by atomic mass is 10.3. The number of hydrogen-bond acceptors (Lipinski definition) is 4. The number of aryl methyl sites for hydroxylation is 1. The summed E-state index contributed by atoms with van der Waals surface area (Å²) in [5.74, 6) is -0.0245. The summed E-state index contributed by atoms with van der Waals surface area (Å²) in [5.41, 5.74) is 0.714. The van der Waals surface area contributed by atoms with Gasteiger partial charge >= 0.3 is 0 Å². The van der Waals surface area contributed by atoms with Gasteiger partial charge in [0.15, 0.2) is 5.16 Å². The highest BCUT2D eigenvalue weighted by Crippen LogP contribution is 2.24. The SMILES string of the molecule is CCC(Sc1nccn1C)C(=O)Nc1cccnc1. The first-order valence-corrected chi connectivity index (χ1v) is 6.93. The third kappa shape index (κ3) is 3.57. The monoisotopic (exact) mass is 276 g/mol. The van der Waals surface area contributed by atoms with Gasteiger partial charge in [-0.05, 0) is 18.6 Å². The Morgan fingerprint density at radius 1 is 1.53 bits per heavy atom. The highest BCUT2D eigenvalue weighted by atomic mass is 32.2. The molecule has 2 heterocycles. The Labute approximate surface area is 116 Å². The number of rotatable bonds is 5. The lowest BCUT2D eigenvalue weighted by Gasteiger charge is -2.14. The van der Waals surface area contributed by atoms with Gasteiger partial charge in [0.1, 0.15) is 0 Å². The largest absolute Gasteiger partial charge is 0.329 e. The van der Waals surface area contributed by atoms with Crippen molar-refractivity contribution in [3.63, 3.8) is 0 Å². The van der Waals surface area contributed by atoms with Crippen LogP contribution in [0.4, 0.5) is 5.69 Å². The molecule has 0 saturated carbocycles. The summed E-state index contributed by atoms with van der Waals surface area (Å²) in [6.45, 7) is 1.99. The third-order valence-corrected chi connectivity index (χ3v) is 4.05. The summed E-state index contributed by atoms with van der Waals surface area (Å²) >= 11 is 1.47. The van der Waals surface area contributed by atoms with Gasteiger partial charge in [-0.1, -0.05) is 18.7 Å². The van der Waals surface area contributed by atoms with Crippen LogP contribution < -0.4 is 5.32 Å². The molecule has 2 aromatic heterocycles. The van der Waals surface area contributed by atoms with Gasteiger partial charge in [0.05, 0.1) is 17.1 Å². The molecule has 0 bridgehead atoms. The van der Waals surface area contributed by atoms with E-state index in [2.05, 4.69) is 15.3 Å². The molecule has 0 aliphatic carbocycles. The minimum Gasteiger partial charge on any atom is -0.329 e. The van der Waals surface area contributed by atoms with Crippen molar-refractivity contribution in [2.75, 3.05) is 5.32 Å². The second kappa shape index (κ2) is 6.38. The van der Waals surface area contributed by atoms with Crippen molar-refractivity contribution in [1.82, 2.24) is 14.5 Å². The van der Waals surface area contributed by atoms with Gasteiger partial charge in [0.25, 0.3) is 0 Å². The average Bonchev–Trinajstić information content (AvgIpc) is 2.82. The third-order valence-electron chi connectivity index (χ3n) is 2.62. The van der Waals surface area contributed by atoms with E-state index in [0.29, 0.717) is 5.69 Å². The first-order valence-electron chi connectivity index (χ1n) is 6.05. The average molecular weight is 276 g/mol. The van der Waals surface area contributed by atoms with Crippen LogP contribution in [0.2, 0.25) is 0 Å². The molecule has 1 unspecified atom stereocenters. The van der Waals surface area contributed by atoms with E-state index in [1.54, 1.807) is 24.7 Å². The zero-order valence-corrected chi connectivity index (χ0v) is 11.7. The molecular formula is C13H16N4OS. The molecule has 2 aromatic rings. The first-order chi connectivity index (χ1) is 9.20. The molecule has 2 rings (SSSR count). The van der Waals surface area contributed by atoms with Crippen LogP contribution in [-0.4, -0.2) is 25.7 Å². The summed E-state index contributed by atoms with van der Waals surface area (Å²) in [4.78, 5) is 20.4. The van der Waals surface area contributed by atoms with Crippen molar-refractivity contribution in [3.05, 3.63) is 36.9 Å². The zero-order chi connectivity index (χ0) is 13.7. The maximum absolute atomic E-state index is 12.2. The van der Waals surface area contributed by atoms with E-state index in [-0.39, 0.29) is 11.2 Å². The Morgan fingerprint density at radius 3 is 2.95 bits per heavy atom. The second-order valence-corrected chi connectivity index (χ2v) is 5.24. The number of thioether (sulfide) groups is 1. The number of aromatic nitrogens is 3. The van der Waals surface area contributed by atoms with Crippen LogP contribution in [0.25, 0.3) is 0 Å². The van der Waals surface area contributed by atoms with E-state index in [0.717, 1.165) is 11.6 Å². The normalized spacial score (nSPS) is 12.1. The molecule has 5 nitrogen and oxygen atoms in total. The fourth-order valence-corrected chi connectivity index (χ4v) is 2.51. The predicted octanol–water partition coefficient (Wildman–Crippen LogP) is 2.32. The maximum Gasteiger partial charge on any atom is 0.238 e. The van der Waals surface area contributed by atoms with Crippen LogP contribution in [0.15, 0.2) is 42.1 Å². The lowest BCUT2D eigenvalue weighted by molar-refractivity contribution is -0.115. The Balaban J connectivity index is 2.01. The molecule has 0 spiro atoms. The smallest absolute Gasteiger partial charge is 0.238 e. The topological polar surface area (TPSA) is 59.8 Å². The van der Waals surface area contributed by atoms with Crippen LogP contribution >= 0.6 is 11.8 Å². The minimum absolute atomic E-state index is 0.0245. The van der Waals surface area contributed by atoms with Crippen LogP contribution in [0.1, 0.15) is 13.3 Å². The zero-order valence-electron chi connectivity index (χ0n) is 10.9. The molecule has 6 heteroatoms.